The molecular weight excluding hydrogens is 265 g/mol. The zero-order valence-corrected chi connectivity index (χ0v) is 13.1. The molecule has 0 unspecified atom stereocenters. The number of methoxy groups -OCH3 is 1. The second-order valence-electron chi connectivity index (χ2n) is 6.36. The number of rotatable bonds is 2. The van der Waals surface area contributed by atoms with Gasteiger partial charge in [-0.1, -0.05) is 12.1 Å². The van der Waals surface area contributed by atoms with Gasteiger partial charge in [-0.2, -0.15) is 0 Å². The van der Waals surface area contributed by atoms with Gasteiger partial charge in [0, 0.05) is 11.5 Å². The Morgan fingerprint density at radius 3 is 2.29 bits per heavy atom. The lowest BCUT2D eigenvalue weighted by molar-refractivity contribution is 0.00578. The van der Waals surface area contributed by atoms with Crippen LogP contribution in [0, 0.1) is 0 Å². The third-order valence-electron chi connectivity index (χ3n) is 4.46. The monoisotopic (exact) mass is 285 g/mol. The standard InChI is InChI=1S/C16H20BNO3/c1-15(2)16(3,4)21-17(20-15)12-7-6-8-13-11(12)9-10-14(18-13)19-5/h6-10H,1-5H3. The van der Waals surface area contributed by atoms with Gasteiger partial charge in [0.1, 0.15) is 0 Å². The van der Waals surface area contributed by atoms with Gasteiger partial charge in [-0.15, -0.1) is 0 Å². The van der Waals surface area contributed by atoms with E-state index in [1.807, 2.05) is 30.3 Å². The summed E-state index contributed by atoms with van der Waals surface area (Å²) in [6.07, 6.45) is 0. The molecule has 0 N–H and O–H groups in total. The average Bonchev–Trinajstić information content (AvgIpc) is 2.66. The second kappa shape index (κ2) is 4.72. The first-order valence-electron chi connectivity index (χ1n) is 7.13. The number of hydrogen-bond acceptors (Lipinski definition) is 4. The van der Waals surface area contributed by atoms with Gasteiger partial charge in [0.25, 0.3) is 0 Å². The maximum atomic E-state index is 6.13. The number of aromatic nitrogens is 1. The molecule has 1 aliphatic heterocycles. The van der Waals surface area contributed by atoms with E-state index in [1.54, 1.807) is 7.11 Å². The molecule has 1 saturated heterocycles. The summed E-state index contributed by atoms with van der Waals surface area (Å²) in [4.78, 5) is 4.47. The Hall–Kier alpha value is -1.59. The van der Waals surface area contributed by atoms with Crippen molar-refractivity contribution in [2.75, 3.05) is 7.11 Å². The third kappa shape index (κ3) is 2.30. The minimum Gasteiger partial charge on any atom is -0.481 e. The van der Waals surface area contributed by atoms with E-state index in [1.165, 1.54) is 0 Å². The van der Waals surface area contributed by atoms with Gasteiger partial charge in [-0.05, 0) is 45.3 Å². The summed E-state index contributed by atoms with van der Waals surface area (Å²) in [7, 11) is 1.24. The van der Waals surface area contributed by atoms with Gasteiger partial charge >= 0.3 is 7.12 Å². The van der Waals surface area contributed by atoms with Crippen molar-refractivity contribution in [3.05, 3.63) is 30.3 Å². The Bertz CT molecular complexity index is 668. The van der Waals surface area contributed by atoms with Crippen molar-refractivity contribution in [2.24, 2.45) is 0 Å². The van der Waals surface area contributed by atoms with Crippen molar-refractivity contribution in [1.29, 1.82) is 0 Å². The van der Waals surface area contributed by atoms with Gasteiger partial charge in [0.2, 0.25) is 5.88 Å². The molecular formula is C16H20BNO3. The Morgan fingerprint density at radius 1 is 1.00 bits per heavy atom. The molecule has 2 heterocycles. The van der Waals surface area contributed by atoms with E-state index < -0.39 is 0 Å². The van der Waals surface area contributed by atoms with Crippen molar-refractivity contribution < 1.29 is 14.0 Å². The summed E-state index contributed by atoms with van der Waals surface area (Å²) in [5.41, 5.74) is 1.18. The van der Waals surface area contributed by atoms with Crippen LogP contribution in [0.3, 0.4) is 0 Å². The summed E-state index contributed by atoms with van der Waals surface area (Å²) in [5, 5.41) is 1.02. The summed E-state index contributed by atoms with van der Waals surface area (Å²) < 4.78 is 17.4. The molecule has 1 aliphatic rings. The number of pyridine rings is 1. The van der Waals surface area contributed by atoms with Gasteiger partial charge in [-0.3, -0.25) is 0 Å². The normalized spacial score (nSPS) is 20.0. The molecule has 21 heavy (non-hydrogen) atoms. The summed E-state index contributed by atoms with van der Waals surface area (Å²) >= 11 is 0. The molecule has 0 amide bonds. The molecule has 0 atom stereocenters. The number of ether oxygens (including phenoxy) is 1. The minimum atomic E-state index is -0.381. The molecule has 1 aromatic carbocycles. The van der Waals surface area contributed by atoms with Crippen LogP contribution in [0.5, 0.6) is 5.88 Å². The Morgan fingerprint density at radius 2 is 1.67 bits per heavy atom. The largest absolute Gasteiger partial charge is 0.495 e. The summed E-state index contributed by atoms with van der Waals surface area (Å²) in [6.45, 7) is 8.22. The fraction of sp³-hybridized carbons (Fsp3) is 0.438. The molecule has 5 heteroatoms. The summed E-state index contributed by atoms with van der Waals surface area (Å²) in [5.74, 6) is 0.605. The fourth-order valence-electron chi connectivity index (χ4n) is 2.45. The van der Waals surface area contributed by atoms with Crippen LogP contribution < -0.4 is 10.2 Å². The van der Waals surface area contributed by atoms with E-state index in [-0.39, 0.29) is 18.3 Å². The van der Waals surface area contributed by atoms with Gasteiger partial charge in [-0.25, -0.2) is 4.98 Å². The first kappa shape index (κ1) is 14.4. The number of nitrogens with zero attached hydrogens (tertiary/aromatic N) is 1. The molecule has 0 bridgehead atoms. The van der Waals surface area contributed by atoms with Crippen LogP contribution in [0.4, 0.5) is 0 Å². The Labute approximate surface area is 125 Å². The SMILES string of the molecule is COc1ccc2c(B3OC(C)(C)C(C)(C)O3)cccc2n1. The van der Waals surface area contributed by atoms with Crippen LogP contribution in [0.15, 0.2) is 30.3 Å². The predicted octanol–water partition coefficient (Wildman–Crippen LogP) is 2.54. The van der Waals surface area contributed by atoms with Crippen molar-refractivity contribution in [2.45, 2.75) is 38.9 Å². The fourth-order valence-corrected chi connectivity index (χ4v) is 2.45. The molecule has 0 radical (unpaired) electrons. The van der Waals surface area contributed by atoms with Crippen molar-refractivity contribution in [1.82, 2.24) is 4.98 Å². The Kier molecular flexibility index (Phi) is 3.22. The first-order valence-corrected chi connectivity index (χ1v) is 7.13. The molecule has 110 valence electrons. The molecule has 1 aromatic heterocycles. The van der Waals surface area contributed by atoms with Gasteiger partial charge in [0.05, 0.1) is 23.8 Å². The van der Waals surface area contributed by atoms with Crippen LogP contribution in [-0.4, -0.2) is 30.4 Å². The highest BCUT2D eigenvalue weighted by molar-refractivity contribution is 6.65. The first-order chi connectivity index (χ1) is 9.84. The molecule has 4 nitrogen and oxygen atoms in total. The number of benzene rings is 1. The van der Waals surface area contributed by atoms with E-state index >= 15 is 0 Å². The van der Waals surface area contributed by atoms with E-state index in [4.69, 9.17) is 14.0 Å². The van der Waals surface area contributed by atoms with E-state index in [2.05, 4.69) is 32.7 Å². The third-order valence-corrected chi connectivity index (χ3v) is 4.46. The van der Waals surface area contributed by atoms with E-state index in [0.717, 1.165) is 16.4 Å². The molecule has 2 aromatic rings. The summed E-state index contributed by atoms with van der Waals surface area (Å²) in [6, 6.07) is 9.82. The molecule has 0 aliphatic carbocycles. The number of fused-ring (bicyclic) bond motifs is 1. The topological polar surface area (TPSA) is 40.6 Å². The van der Waals surface area contributed by atoms with Gasteiger partial charge in [0.15, 0.2) is 0 Å². The highest BCUT2D eigenvalue weighted by Crippen LogP contribution is 2.37. The van der Waals surface area contributed by atoms with Crippen LogP contribution >= 0.6 is 0 Å². The van der Waals surface area contributed by atoms with E-state index in [0.29, 0.717) is 5.88 Å². The highest BCUT2D eigenvalue weighted by atomic mass is 16.7. The second-order valence-corrected chi connectivity index (χ2v) is 6.36. The lowest BCUT2D eigenvalue weighted by Gasteiger charge is -2.32. The molecule has 1 fully saturated rings. The average molecular weight is 285 g/mol. The lowest BCUT2D eigenvalue weighted by Crippen LogP contribution is -2.41. The zero-order chi connectivity index (χ0) is 15.3. The van der Waals surface area contributed by atoms with Crippen LogP contribution in [0.25, 0.3) is 10.9 Å². The smallest absolute Gasteiger partial charge is 0.481 e. The van der Waals surface area contributed by atoms with Gasteiger partial charge < -0.3 is 14.0 Å². The van der Waals surface area contributed by atoms with Crippen molar-refractivity contribution >= 4 is 23.5 Å². The van der Waals surface area contributed by atoms with Crippen LogP contribution in [0.1, 0.15) is 27.7 Å². The van der Waals surface area contributed by atoms with Crippen LogP contribution in [-0.2, 0) is 9.31 Å². The zero-order valence-electron chi connectivity index (χ0n) is 13.1. The predicted molar refractivity (Wildman–Crippen MR) is 84.0 cm³/mol. The minimum absolute atomic E-state index is 0.347. The van der Waals surface area contributed by atoms with E-state index in [9.17, 15) is 0 Å². The molecule has 0 saturated carbocycles. The maximum absolute atomic E-state index is 6.13. The number of hydrogen-bond donors (Lipinski definition) is 0. The van der Waals surface area contributed by atoms with Crippen molar-refractivity contribution in [3.63, 3.8) is 0 Å². The Balaban J connectivity index is 2.06. The van der Waals surface area contributed by atoms with Crippen molar-refractivity contribution in [3.8, 4) is 5.88 Å². The maximum Gasteiger partial charge on any atom is 0.495 e. The lowest BCUT2D eigenvalue weighted by atomic mass is 9.77. The molecule has 3 rings (SSSR count). The quantitative estimate of drug-likeness (QED) is 0.795. The highest BCUT2D eigenvalue weighted by Gasteiger charge is 2.52. The van der Waals surface area contributed by atoms with Crippen LogP contribution in [0.2, 0.25) is 0 Å². The molecule has 0 spiro atoms.